The monoisotopic (exact) mass is 819 g/mol. The number of nitrogens with two attached hydrogens (primary N) is 1. The molecule has 1 aromatic heterocycles. The third kappa shape index (κ3) is 14.4. The third-order valence-corrected chi connectivity index (χ3v) is 9.56. The van der Waals surface area contributed by atoms with Gasteiger partial charge in [0.05, 0.1) is 12.7 Å². The van der Waals surface area contributed by atoms with Crippen molar-refractivity contribution in [2.75, 3.05) is 6.54 Å². The number of nitrogens with one attached hydrogen (secondary N) is 7. The number of aromatic amines is 1. The van der Waals surface area contributed by atoms with Gasteiger partial charge in [-0.05, 0) is 73.5 Å². The van der Waals surface area contributed by atoms with Gasteiger partial charge in [0.15, 0.2) is 0 Å². The number of carboxylic acids is 1. The molecule has 0 radical (unpaired) electrons. The lowest BCUT2D eigenvalue weighted by Crippen LogP contribution is -2.62. The molecule has 318 valence electrons. The lowest BCUT2D eigenvalue weighted by atomic mass is 9.99. The van der Waals surface area contributed by atoms with Gasteiger partial charge >= 0.3 is 5.97 Å². The van der Waals surface area contributed by atoms with Crippen LogP contribution in [0.1, 0.15) is 62.8 Å². The Kier molecular flexibility index (Phi) is 16.8. The topological polar surface area (TPSA) is 307 Å². The molecule has 0 bridgehead atoms. The summed E-state index contributed by atoms with van der Waals surface area (Å²) in [6.45, 7) is 3.91. The molecule has 0 saturated carbocycles. The van der Waals surface area contributed by atoms with Gasteiger partial charge in [-0.25, -0.2) is 4.98 Å². The molecule has 0 aliphatic carbocycles. The molecule has 19 heteroatoms. The first-order valence-electron chi connectivity index (χ1n) is 19.4. The van der Waals surface area contributed by atoms with Gasteiger partial charge in [0.25, 0.3) is 0 Å². The highest BCUT2D eigenvalue weighted by molar-refractivity contribution is 5.99. The summed E-state index contributed by atoms with van der Waals surface area (Å²) in [4.78, 5) is 103. The number of unbranched alkanes of at least 4 members (excludes halogenated alkanes) is 1. The summed E-state index contributed by atoms with van der Waals surface area (Å²) < 4.78 is 0. The van der Waals surface area contributed by atoms with Crippen LogP contribution < -0.4 is 37.6 Å². The number of rotatable bonds is 14. The Labute approximate surface area is 340 Å². The fourth-order valence-electron chi connectivity index (χ4n) is 6.46. The molecule has 1 aliphatic heterocycles. The van der Waals surface area contributed by atoms with Gasteiger partial charge in [-0.1, -0.05) is 38.1 Å². The zero-order valence-electron chi connectivity index (χ0n) is 32.9. The number of hydrogen-bond acceptors (Lipinski definition) is 11. The molecule has 6 atom stereocenters. The van der Waals surface area contributed by atoms with Crippen LogP contribution in [-0.4, -0.2) is 109 Å². The van der Waals surface area contributed by atoms with Crippen molar-refractivity contribution < 1.29 is 48.9 Å². The summed E-state index contributed by atoms with van der Waals surface area (Å²) >= 11 is 0. The first-order chi connectivity index (χ1) is 28.1. The molecular formula is C40H53N9O10. The highest BCUT2D eigenvalue weighted by Gasteiger charge is 2.36. The second kappa shape index (κ2) is 21.9. The van der Waals surface area contributed by atoms with E-state index in [9.17, 15) is 48.9 Å². The highest BCUT2D eigenvalue weighted by atomic mass is 16.4. The van der Waals surface area contributed by atoms with Crippen LogP contribution in [-0.2, 0) is 52.8 Å². The molecular weight excluding hydrogens is 766 g/mol. The number of hydrogen-bond donors (Lipinski definition) is 11. The number of carbonyl (C=O) groups is 7. The van der Waals surface area contributed by atoms with E-state index in [0.717, 1.165) is 0 Å². The molecule has 59 heavy (non-hydrogen) atoms. The normalized spacial score (nSPS) is 22.5. The van der Waals surface area contributed by atoms with Gasteiger partial charge in [-0.3, -0.25) is 33.6 Å². The second-order valence-corrected chi connectivity index (χ2v) is 14.9. The van der Waals surface area contributed by atoms with Crippen LogP contribution >= 0.6 is 0 Å². The van der Waals surface area contributed by atoms with Crippen molar-refractivity contribution in [3.63, 3.8) is 0 Å². The van der Waals surface area contributed by atoms with E-state index in [4.69, 9.17) is 5.73 Å². The minimum Gasteiger partial charge on any atom is -0.508 e. The maximum absolute atomic E-state index is 14.3. The first kappa shape index (κ1) is 45.2. The van der Waals surface area contributed by atoms with Gasteiger partial charge in [0.1, 0.15) is 47.8 Å². The van der Waals surface area contributed by atoms with E-state index >= 15 is 0 Å². The van der Waals surface area contributed by atoms with E-state index in [2.05, 4.69) is 41.9 Å². The quantitative estimate of drug-likeness (QED) is 0.0911. The number of aromatic hydroxyl groups is 2. The Morgan fingerprint density at radius 3 is 1.51 bits per heavy atom. The van der Waals surface area contributed by atoms with Crippen LogP contribution in [0.4, 0.5) is 0 Å². The van der Waals surface area contributed by atoms with Crippen molar-refractivity contribution in [3.05, 3.63) is 77.9 Å². The summed E-state index contributed by atoms with van der Waals surface area (Å²) in [6, 6.07) is 3.23. The fourth-order valence-corrected chi connectivity index (χ4v) is 6.46. The molecule has 2 aromatic carbocycles. The molecule has 1 fully saturated rings. The molecule has 0 unspecified atom stereocenters. The standard InChI is InChI=1S/C40H53N9O10/c1-22(2)15-29-36(55)46-30(16-23-6-10-26(50)11-7-23)37(56)48-32(18-25-20-42-21-43-25)39(58)47-31(17-24-8-12-27(51)13-9-24)38(57)49-33(19-34(52)53)40(59)44-28(35(54)45-29)5-3-4-14-41/h6-13,20-22,28-33,50-51H,3-5,14-19,41H2,1-2H3,(H,42,43)(H,44,59)(H,45,54)(H,46,55)(H,47,58)(H,48,56)(H,49,57)(H,52,53)/t28-,29-,30-,31-,32-,33-/m0/s1. The zero-order chi connectivity index (χ0) is 43.1. The van der Waals surface area contributed by atoms with Crippen LogP contribution in [0.5, 0.6) is 11.5 Å². The van der Waals surface area contributed by atoms with E-state index in [0.29, 0.717) is 29.7 Å². The molecule has 6 amide bonds. The minimum atomic E-state index is -1.72. The van der Waals surface area contributed by atoms with E-state index in [1.807, 2.05) is 13.8 Å². The SMILES string of the molecule is CC(C)C[C@@H]1NC(=O)[C@H](CCCCN)NC(=O)[C@H](CC(=O)O)NC(=O)[C@H](Cc2ccc(O)cc2)NC(=O)[C@H](Cc2cnc[nH]2)NC(=O)[C@H](Cc2ccc(O)cc2)NC1=O. The number of aliphatic carboxylic acids is 1. The molecule has 2 heterocycles. The number of benzene rings is 2. The van der Waals surface area contributed by atoms with Gasteiger partial charge in [0, 0.05) is 31.2 Å². The first-order valence-corrected chi connectivity index (χ1v) is 19.4. The number of phenols is 2. The smallest absolute Gasteiger partial charge is 0.305 e. The molecule has 0 spiro atoms. The maximum atomic E-state index is 14.3. The summed E-state index contributed by atoms with van der Waals surface area (Å²) in [7, 11) is 0. The number of carbonyl (C=O) groups excluding carboxylic acids is 6. The van der Waals surface area contributed by atoms with Crippen molar-refractivity contribution in [1.82, 2.24) is 41.9 Å². The Bertz CT molecular complexity index is 1910. The Hall–Kier alpha value is -6.50. The van der Waals surface area contributed by atoms with Crippen molar-refractivity contribution >= 4 is 41.4 Å². The molecule has 1 aliphatic rings. The van der Waals surface area contributed by atoms with E-state index < -0.39 is 84.1 Å². The summed E-state index contributed by atoms with van der Waals surface area (Å²) in [5.41, 5.74) is 7.10. The fraction of sp³-hybridized carbons (Fsp3) is 0.450. The molecule has 12 N–H and O–H groups in total. The number of amides is 6. The van der Waals surface area contributed by atoms with Gasteiger partial charge < -0.3 is 57.9 Å². The minimum absolute atomic E-state index is 0.0313. The van der Waals surface area contributed by atoms with Crippen molar-refractivity contribution in [2.45, 2.75) is 101 Å². The molecule has 3 aromatic rings. The van der Waals surface area contributed by atoms with Gasteiger partial charge in [-0.15, -0.1) is 0 Å². The van der Waals surface area contributed by atoms with Crippen LogP contribution in [0.3, 0.4) is 0 Å². The van der Waals surface area contributed by atoms with Gasteiger partial charge in [0.2, 0.25) is 35.4 Å². The number of nitrogens with zero attached hydrogens (tertiary/aromatic N) is 1. The maximum Gasteiger partial charge on any atom is 0.305 e. The van der Waals surface area contributed by atoms with Crippen molar-refractivity contribution in [2.24, 2.45) is 11.7 Å². The molecule has 19 nitrogen and oxygen atoms in total. The predicted molar refractivity (Wildman–Crippen MR) is 212 cm³/mol. The Morgan fingerprint density at radius 1 is 0.627 bits per heavy atom. The summed E-state index contributed by atoms with van der Waals surface area (Å²) in [5.74, 6) is -6.82. The number of imidazole rings is 1. The van der Waals surface area contributed by atoms with E-state index in [1.54, 1.807) is 12.1 Å². The molecule has 4 rings (SSSR count). The average molecular weight is 820 g/mol. The lowest BCUT2D eigenvalue weighted by Gasteiger charge is -2.29. The van der Waals surface area contributed by atoms with Crippen molar-refractivity contribution in [1.29, 1.82) is 0 Å². The third-order valence-electron chi connectivity index (χ3n) is 9.56. The predicted octanol–water partition coefficient (Wildman–Crippen LogP) is -0.579. The summed E-state index contributed by atoms with van der Waals surface area (Å²) in [6.07, 6.45) is 2.42. The number of aromatic nitrogens is 2. The number of carboxylic acid groups (broad SMARTS) is 1. The second-order valence-electron chi connectivity index (χ2n) is 14.9. The average Bonchev–Trinajstić information content (AvgIpc) is 3.70. The van der Waals surface area contributed by atoms with E-state index in [-0.39, 0.29) is 56.1 Å². The highest BCUT2D eigenvalue weighted by Crippen LogP contribution is 2.15. The lowest BCUT2D eigenvalue weighted by molar-refractivity contribution is -0.141. The van der Waals surface area contributed by atoms with Crippen LogP contribution in [0, 0.1) is 5.92 Å². The number of H-pyrrole nitrogens is 1. The van der Waals surface area contributed by atoms with Gasteiger partial charge in [-0.2, -0.15) is 0 Å². The van der Waals surface area contributed by atoms with Crippen LogP contribution in [0.15, 0.2) is 61.1 Å². The van der Waals surface area contributed by atoms with Crippen LogP contribution in [0.2, 0.25) is 0 Å². The van der Waals surface area contributed by atoms with Crippen LogP contribution in [0.25, 0.3) is 0 Å². The number of phenolic OH excluding ortho intramolecular Hbond substituents is 2. The van der Waals surface area contributed by atoms with E-state index in [1.165, 1.54) is 48.9 Å². The summed E-state index contributed by atoms with van der Waals surface area (Å²) in [5, 5.41) is 45.2. The Balaban J connectivity index is 1.82. The zero-order valence-corrected chi connectivity index (χ0v) is 32.9. The largest absolute Gasteiger partial charge is 0.508 e. The Morgan fingerprint density at radius 2 is 1.05 bits per heavy atom. The molecule has 1 saturated heterocycles. The van der Waals surface area contributed by atoms with Crippen molar-refractivity contribution in [3.8, 4) is 11.5 Å².